The maximum Gasteiger partial charge on any atom is 0.416 e. The fraction of sp³-hybridized carbons (Fsp3) is 0.188. The van der Waals surface area contributed by atoms with Gasteiger partial charge in [-0.15, -0.1) is 11.3 Å². The molecule has 0 saturated heterocycles. The van der Waals surface area contributed by atoms with Crippen LogP contribution in [0.3, 0.4) is 0 Å². The van der Waals surface area contributed by atoms with E-state index in [9.17, 15) is 18.0 Å². The number of hydrogen-bond donors (Lipinski definition) is 1. The molecule has 0 saturated carbocycles. The largest absolute Gasteiger partial charge is 0.416 e. The van der Waals surface area contributed by atoms with Crippen molar-refractivity contribution in [2.24, 2.45) is 0 Å². The minimum Gasteiger partial charge on any atom is -0.365 e. The molecular weight excluding hydrogens is 339 g/mol. The van der Waals surface area contributed by atoms with E-state index in [0.29, 0.717) is 16.0 Å². The van der Waals surface area contributed by atoms with Gasteiger partial charge in [0.15, 0.2) is 11.6 Å². The highest BCUT2D eigenvalue weighted by atomic mass is 32.1. The van der Waals surface area contributed by atoms with Crippen molar-refractivity contribution in [1.82, 2.24) is 9.97 Å². The number of Topliss-reactive ketones (excluding diaryl/α,β-unsaturated/α-hetero) is 1. The molecule has 0 spiro atoms. The van der Waals surface area contributed by atoms with Gasteiger partial charge < -0.3 is 5.32 Å². The van der Waals surface area contributed by atoms with Crippen molar-refractivity contribution in [3.05, 3.63) is 52.7 Å². The molecule has 0 bridgehead atoms. The maximum atomic E-state index is 13.1. The number of alkyl halides is 3. The summed E-state index contributed by atoms with van der Waals surface area (Å²) in [5.74, 6) is 0.0894. The van der Waals surface area contributed by atoms with Gasteiger partial charge in [0.1, 0.15) is 5.82 Å². The van der Waals surface area contributed by atoms with E-state index in [1.165, 1.54) is 30.4 Å². The first-order chi connectivity index (χ1) is 11.4. The molecular formula is C16H12F3N3OS. The quantitative estimate of drug-likeness (QED) is 0.702. The van der Waals surface area contributed by atoms with Gasteiger partial charge in [0.05, 0.1) is 15.8 Å². The van der Waals surface area contributed by atoms with Crippen LogP contribution in [0.1, 0.15) is 28.7 Å². The number of fused-ring (bicyclic) bond motifs is 1. The van der Waals surface area contributed by atoms with Gasteiger partial charge in [0, 0.05) is 13.5 Å². The fourth-order valence-electron chi connectivity index (χ4n) is 2.27. The Bertz CT molecular complexity index is 905. The van der Waals surface area contributed by atoms with E-state index >= 15 is 0 Å². The zero-order valence-corrected chi connectivity index (χ0v) is 13.3. The molecule has 2 aromatic heterocycles. The summed E-state index contributed by atoms with van der Waals surface area (Å²) in [4.78, 5) is 19.8. The molecule has 0 amide bonds. The Morgan fingerprint density at radius 3 is 2.67 bits per heavy atom. The molecule has 124 valence electrons. The molecule has 2 heterocycles. The number of halogens is 3. The van der Waals surface area contributed by atoms with Gasteiger partial charge in [-0.25, -0.2) is 9.97 Å². The third kappa shape index (κ3) is 3.23. The van der Waals surface area contributed by atoms with E-state index in [1.54, 1.807) is 17.5 Å². The Balaban J connectivity index is 1.95. The minimum absolute atomic E-state index is 0.0347. The lowest BCUT2D eigenvalue weighted by molar-refractivity contribution is -0.138. The number of carbonyl (C=O) groups is 1. The molecule has 3 aromatic rings. The Kier molecular flexibility index (Phi) is 4.23. The number of hydrogen-bond acceptors (Lipinski definition) is 5. The van der Waals surface area contributed by atoms with Crippen LogP contribution >= 0.6 is 11.3 Å². The second-order valence-corrected chi connectivity index (χ2v) is 6.01. The number of nitrogens with one attached hydrogen (secondary N) is 1. The number of thiophene rings is 1. The van der Waals surface area contributed by atoms with Crippen molar-refractivity contribution in [3.8, 4) is 0 Å². The number of rotatable bonds is 4. The van der Waals surface area contributed by atoms with Crippen LogP contribution in [0.2, 0.25) is 0 Å². The molecule has 24 heavy (non-hydrogen) atoms. The van der Waals surface area contributed by atoms with Crippen molar-refractivity contribution in [2.45, 2.75) is 19.6 Å². The summed E-state index contributed by atoms with van der Waals surface area (Å²) in [7, 11) is 0. The summed E-state index contributed by atoms with van der Waals surface area (Å²) in [6.07, 6.45) is -4.42. The van der Waals surface area contributed by atoms with Crippen molar-refractivity contribution in [3.63, 3.8) is 0 Å². The topological polar surface area (TPSA) is 54.9 Å². The van der Waals surface area contributed by atoms with Crippen LogP contribution in [0.15, 0.2) is 35.7 Å². The maximum absolute atomic E-state index is 13.1. The van der Waals surface area contributed by atoms with Crippen molar-refractivity contribution in [2.75, 3.05) is 5.32 Å². The summed E-state index contributed by atoms with van der Waals surface area (Å²) in [5.41, 5.74) is 0.00488. The Morgan fingerprint density at radius 2 is 1.96 bits per heavy atom. The van der Waals surface area contributed by atoms with Crippen LogP contribution in [0.4, 0.5) is 19.0 Å². The first kappa shape index (κ1) is 16.4. The molecule has 0 unspecified atom stereocenters. The van der Waals surface area contributed by atoms with E-state index in [2.05, 4.69) is 15.3 Å². The smallest absolute Gasteiger partial charge is 0.365 e. The van der Waals surface area contributed by atoms with Gasteiger partial charge >= 0.3 is 6.18 Å². The molecule has 4 nitrogen and oxygen atoms in total. The number of carbonyl (C=O) groups excluding carboxylic acids is 1. The lowest BCUT2D eigenvalue weighted by Gasteiger charge is -2.14. The van der Waals surface area contributed by atoms with Gasteiger partial charge in [-0.3, -0.25) is 4.79 Å². The lowest BCUT2D eigenvalue weighted by Crippen LogP contribution is -2.13. The molecule has 8 heteroatoms. The molecule has 3 rings (SSSR count). The van der Waals surface area contributed by atoms with Gasteiger partial charge in [-0.05, 0) is 23.1 Å². The highest BCUT2D eigenvalue weighted by Crippen LogP contribution is 2.33. The SMILES string of the molecule is CC(=O)c1nc(NCc2ccccc2C(F)(F)F)c2sccc2n1. The van der Waals surface area contributed by atoms with Crippen LogP contribution in [0.25, 0.3) is 10.2 Å². The molecule has 0 aliphatic heterocycles. The number of nitrogens with zero attached hydrogens (tertiary/aromatic N) is 2. The molecule has 0 aliphatic rings. The standard InChI is InChI=1S/C16H12F3N3OS/c1-9(23)14-21-12-6-7-24-13(12)15(22-14)20-8-10-4-2-3-5-11(10)16(17,18)19/h2-7H,8H2,1H3,(H,20,21,22). The van der Waals surface area contributed by atoms with Crippen LogP contribution in [-0.2, 0) is 12.7 Å². The number of anilines is 1. The van der Waals surface area contributed by atoms with E-state index in [4.69, 9.17) is 0 Å². The Hall–Kier alpha value is -2.48. The molecule has 0 radical (unpaired) electrons. The lowest BCUT2D eigenvalue weighted by atomic mass is 10.1. The van der Waals surface area contributed by atoms with Crippen molar-refractivity contribution in [1.29, 1.82) is 0 Å². The fourth-order valence-corrected chi connectivity index (χ4v) is 3.07. The third-order valence-corrected chi connectivity index (χ3v) is 4.30. The highest BCUT2D eigenvalue weighted by molar-refractivity contribution is 7.17. The molecule has 0 atom stereocenters. The second kappa shape index (κ2) is 6.20. The predicted octanol–water partition coefficient (Wildman–Crippen LogP) is 4.52. The van der Waals surface area contributed by atoms with E-state index in [0.717, 1.165) is 6.07 Å². The minimum atomic E-state index is -4.42. The number of aromatic nitrogens is 2. The number of benzene rings is 1. The zero-order valence-electron chi connectivity index (χ0n) is 12.5. The first-order valence-electron chi connectivity index (χ1n) is 7.01. The van der Waals surface area contributed by atoms with Gasteiger partial charge in [-0.2, -0.15) is 13.2 Å². The predicted molar refractivity (Wildman–Crippen MR) is 86.2 cm³/mol. The van der Waals surface area contributed by atoms with Crippen LogP contribution in [0.5, 0.6) is 0 Å². The zero-order chi connectivity index (χ0) is 17.3. The monoisotopic (exact) mass is 351 g/mol. The summed E-state index contributed by atoms with van der Waals surface area (Å²) in [6.45, 7) is 1.29. The van der Waals surface area contributed by atoms with E-state index in [-0.39, 0.29) is 23.7 Å². The van der Waals surface area contributed by atoms with Gasteiger partial charge in [0.25, 0.3) is 0 Å². The average molecular weight is 351 g/mol. The Labute approximate surface area is 139 Å². The van der Waals surface area contributed by atoms with Gasteiger partial charge in [0.2, 0.25) is 0 Å². The second-order valence-electron chi connectivity index (χ2n) is 5.10. The summed E-state index contributed by atoms with van der Waals surface area (Å²) >= 11 is 1.36. The summed E-state index contributed by atoms with van der Waals surface area (Å²) in [6, 6.07) is 7.09. The summed E-state index contributed by atoms with van der Waals surface area (Å²) < 4.78 is 39.9. The third-order valence-electron chi connectivity index (χ3n) is 3.39. The number of ketones is 1. The Morgan fingerprint density at radius 1 is 1.21 bits per heavy atom. The molecule has 0 aliphatic carbocycles. The normalized spacial score (nSPS) is 11.7. The van der Waals surface area contributed by atoms with Crippen LogP contribution in [0, 0.1) is 0 Å². The first-order valence-corrected chi connectivity index (χ1v) is 7.89. The van der Waals surface area contributed by atoms with Gasteiger partial charge in [-0.1, -0.05) is 18.2 Å². The van der Waals surface area contributed by atoms with E-state index in [1.807, 2.05) is 0 Å². The molecule has 1 N–H and O–H groups in total. The highest BCUT2D eigenvalue weighted by Gasteiger charge is 2.32. The molecule has 1 aromatic carbocycles. The van der Waals surface area contributed by atoms with Crippen molar-refractivity contribution < 1.29 is 18.0 Å². The van der Waals surface area contributed by atoms with Crippen LogP contribution < -0.4 is 5.32 Å². The average Bonchev–Trinajstić information content (AvgIpc) is 3.00. The molecule has 0 fully saturated rings. The summed E-state index contributed by atoms with van der Waals surface area (Å²) in [5, 5.41) is 4.69. The van der Waals surface area contributed by atoms with Crippen LogP contribution in [-0.4, -0.2) is 15.8 Å². The van der Waals surface area contributed by atoms with E-state index < -0.39 is 11.7 Å². The van der Waals surface area contributed by atoms with Crippen molar-refractivity contribution >= 4 is 33.2 Å².